The average molecular weight is 445 g/mol. The molecule has 162 valence electrons. The van der Waals surface area contributed by atoms with Gasteiger partial charge in [-0.15, -0.1) is 11.8 Å². The summed E-state index contributed by atoms with van der Waals surface area (Å²) in [4.78, 5) is 20.2. The highest BCUT2D eigenvalue weighted by atomic mass is 32.2. The molecule has 1 amide bonds. The molecule has 0 bridgehead atoms. The fraction of sp³-hybridized carbons (Fsp3) is 0.160. The van der Waals surface area contributed by atoms with Crippen LogP contribution in [0.4, 0.5) is 5.69 Å². The standard InChI is InChI=1S/C25H24N4O2S/c1-29(2)18-10-8-17(9-11-18)15-26-28-24(30)16-32-25-20-6-4-5-7-22(20)27-23-13-12-19(31-3)14-21(23)25/h4-15H,16H2,1-3H3,(H,28,30)/b26-15+. The van der Waals surface area contributed by atoms with Gasteiger partial charge in [0.15, 0.2) is 0 Å². The van der Waals surface area contributed by atoms with Crippen molar-refractivity contribution in [1.29, 1.82) is 0 Å². The number of hydrogen-bond acceptors (Lipinski definition) is 6. The Hall–Kier alpha value is -3.58. The van der Waals surface area contributed by atoms with E-state index >= 15 is 0 Å². The normalized spacial score (nSPS) is 11.2. The van der Waals surface area contributed by atoms with Crippen molar-refractivity contribution < 1.29 is 9.53 Å². The topological polar surface area (TPSA) is 66.8 Å². The first-order valence-corrected chi connectivity index (χ1v) is 11.1. The maximum atomic E-state index is 12.5. The van der Waals surface area contributed by atoms with Gasteiger partial charge in [-0.25, -0.2) is 10.4 Å². The number of carbonyl (C=O) groups is 1. The molecule has 0 aliphatic carbocycles. The lowest BCUT2D eigenvalue weighted by atomic mass is 10.1. The molecule has 0 spiro atoms. The molecule has 7 heteroatoms. The summed E-state index contributed by atoms with van der Waals surface area (Å²) in [7, 11) is 5.63. The van der Waals surface area contributed by atoms with Crippen molar-refractivity contribution in [2.45, 2.75) is 4.90 Å². The molecule has 0 saturated heterocycles. The molecule has 0 atom stereocenters. The van der Waals surface area contributed by atoms with Gasteiger partial charge in [0.25, 0.3) is 0 Å². The van der Waals surface area contributed by atoms with Crippen molar-refractivity contribution in [2.24, 2.45) is 5.10 Å². The Morgan fingerprint density at radius 1 is 1.06 bits per heavy atom. The van der Waals surface area contributed by atoms with Crippen LogP contribution in [0.25, 0.3) is 21.8 Å². The fourth-order valence-electron chi connectivity index (χ4n) is 3.32. The van der Waals surface area contributed by atoms with E-state index in [2.05, 4.69) is 10.5 Å². The molecule has 0 saturated carbocycles. The minimum atomic E-state index is -0.173. The Labute approximate surface area is 191 Å². The predicted octanol–water partition coefficient (Wildman–Crippen LogP) is 4.71. The summed E-state index contributed by atoms with van der Waals surface area (Å²) < 4.78 is 5.39. The number of amides is 1. The molecule has 4 rings (SSSR count). The second-order valence-corrected chi connectivity index (χ2v) is 8.39. The number of nitrogens with one attached hydrogen (secondary N) is 1. The molecule has 1 heterocycles. The smallest absolute Gasteiger partial charge is 0.250 e. The van der Waals surface area contributed by atoms with Crippen LogP contribution in [-0.2, 0) is 4.79 Å². The van der Waals surface area contributed by atoms with Crippen LogP contribution in [-0.4, -0.2) is 44.1 Å². The lowest BCUT2D eigenvalue weighted by molar-refractivity contribution is -0.118. The van der Waals surface area contributed by atoms with Crippen LogP contribution in [0.1, 0.15) is 5.56 Å². The van der Waals surface area contributed by atoms with E-state index in [4.69, 9.17) is 9.72 Å². The first-order chi connectivity index (χ1) is 15.5. The van der Waals surface area contributed by atoms with Crippen molar-refractivity contribution in [3.8, 4) is 5.75 Å². The van der Waals surface area contributed by atoms with Crippen molar-refractivity contribution in [3.05, 3.63) is 72.3 Å². The number of hydrogen-bond donors (Lipinski definition) is 1. The van der Waals surface area contributed by atoms with Gasteiger partial charge in [0, 0.05) is 35.5 Å². The number of fused-ring (bicyclic) bond motifs is 2. The third kappa shape index (κ3) is 4.84. The van der Waals surface area contributed by atoms with Gasteiger partial charge in [0.1, 0.15) is 5.75 Å². The Morgan fingerprint density at radius 3 is 2.56 bits per heavy atom. The molecule has 3 aromatic carbocycles. The average Bonchev–Trinajstić information content (AvgIpc) is 2.81. The number of benzene rings is 3. The van der Waals surface area contributed by atoms with Gasteiger partial charge in [-0.1, -0.05) is 30.3 Å². The molecule has 4 aromatic rings. The van der Waals surface area contributed by atoms with Gasteiger partial charge in [-0.05, 0) is 42.0 Å². The summed E-state index contributed by atoms with van der Waals surface area (Å²) in [5.74, 6) is 0.816. The van der Waals surface area contributed by atoms with Crippen LogP contribution in [0.15, 0.2) is 76.7 Å². The zero-order chi connectivity index (χ0) is 22.5. The van der Waals surface area contributed by atoms with Gasteiger partial charge >= 0.3 is 0 Å². The fourth-order valence-corrected chi connectivity index (χ4v) is 4.31. The van der Waals surface area contributed by atoms with E-state index in [9.17, 15) is 4.79 Å². The maximum Gasteiger partial charge on any atom is 0.250 e. The third-order valence-electron chi connectivity index (χ3n) is 5.00. The SMILES string of the molecule is COc1ccc2nc3ccccc3c(SCC(=O)N/N=C/c3ccc(N(C)C)cc3)c2c1. The van der Waals surface area contributed by atoms with E-state index in [-0.39, 0.29) is 11.7 Å². The van der Waals surface area contributed by atoms with Crippen LogP contribution >= 0.6 is 11.8 Å². The molecular formula is C25H24N4O2S. The second kappa shape index (κ2) is 9.70. The molecule has 1 N–H and O–H groups in total. The number of methoxy groups -OCH3 is 1. The monoisotopic (exact) mass is 444 g/mol. The zero-order valence-electron chi connectivity index (χ0n) is 18.2. The Kier molecular flexibility index (Phi) is 6.56. The third-order valence-corrected chi connectivity index (χ3v) is 6.13. The molecule has 0 fully saturated rings. The number of aromatic nitrogens is 1. The minimum Gasteiger partial charge on any atom is -0.497 e. The van der Waals surface area contributed by atoms with Crippen molar-refractivity contribution in [1.82, 2.24) is 10.4 Å². The number of hydrazone groups is 1. The summed E-state index contributed by atoms with van der Waals surface area (Å²) in [6, 6.07) is 21.7. The van der Waals surface area contributed by atoms with E-state index in [1.807, 2.05) is 85.7 Å². The van der Waals surface area contributed by atoms with E-state index in [1.54, 1.807) is 13.3 Å². The molecule has 0 radical (unpaired) electrons. The van der Waals surface area contributed by atoms with Gasteiger partial charge in [0.2, 0.25) is 5.91 Å². The minimum absolute atomic E-state index is 0.173. The Morgan fingerprint density at radius 2 is 1.81 bits per heavy atom. The summed E-state index contributed by atoms with van der Waals surface area (Å²) >= 11 is 1.47. The summed E-state index contributed by atoms with van der Waals surface area (Å²) in [5, 5.41) is 6.07. The number of ether oxygens (including phenoxy) is 1. The highest BCUT2D eigenvalue weighted by Gasteiger charge is 2.12. The highest BCUT2D eigenvalue weighted by Crippen LogP contribution is 2.35. The van der Waals surface area contributed by atoms with E-state index in [1.165, 1.54) is 11.8 Å². The second-order valence-electron chi connectivity index (χ2n) is 7.41. The molecule has 0 unspecified atom stereocenters. The Balaban J connectivity index is 1.49. The van der Waals surface area contributed by atoms with Crippen LogP contribution in [0.5, 0.6) is 5.75 Å². The molecule has 6 nitrogen and oxygen atoms in total. The number of nitrogens with zero attached hydrogens (tertiary/aromatic N) is 3. The number of para-hydroxylation sites is 1. The van der Waals surface area contributed by atoms with Gasteiger partial charge in [-0.2, -0.15) is 5.10 Å². The van der Waals surface area contributed by atoms with Crippen molar-refractivity contribution >= 4 is 51.4 Å². The largest absolute Gasteiger partial charge is 0.497 e. The van der Waals surface area contributed by atoms with Crippen LogP contribution < -0.4 is 15.1 Å². The molecular weight excluding hydrogens is 420 g/mol. The van der Waals surface area contributed by atoms with Gasteiger partial charge in [-0.3, -0.25) is 4.79 Å². The molecule has 0 aliphatic rings. The summed E-state index contributed by atoms with van der Waals surface area (Å²) in [6.45, 7) is 0. The molecule has 32 heavy (non-hydrogen) atoms. The number of thioether (sulfide) groups is 1. The maximum absolute atomic E-state index is 12.5. The summed E-state index contributed by atoms with van der Waals surface area (Å²) in [5.41, 5.74) is 6.40. The molecule has 0 aliphatic heterocycles. The lowest BCUT2D eigenvalue weighted by Gasteiger charge is -2.11. The van der Waals surface area contributed by atoms with Gasteiger partial charge in [0.05, 0.1) is 30.1 Å². The van der Waals surface area contributed by atoms with Crippen LogP contribution in [0, 0.1) is 0 Å². The lowest BCUT2D eigenvalue weighted by Crippen LogP contribution is -2.19. The van der Waals surface area contributed by atoms with Crippen LogP contribution in [0.2, 0.25) is 0 Å². The zero-order valence-corrected chi connectivity index (χ0v) is 19.0. The predicted molar refractivity (Wildman–Crippen MR) is 133 cm³/mol. The Bertz CT molecular complexity index is 1290. The van der Waals surface area contributed by atoms with Crippen molar-refractivity contribution in [3.63, 3.8) is 0 Å². The van der Waals surface area contributed by atoms with Gasteiger partial charge < -0.3 is 9.64 Å². The van der Waals surface area contributed by atoms with E-state index in [0.717, 1.165) is 43.7 Å². The molecule has 1 aromatic heterocycles. The first kappa shape index (κ1) is 21.6. The van der Waals surface area contributed by atoms with E-state index < -0.39 is 0 Å². The number of pyridine rings is 1. The number of carbonyl (C=O) groups excluding carboxylic acids is 1. The first-order valence-electron chi connectivity index (χ1n) is 10.1. The number of rotatable bonds is 7. The summed E-state index contributed by atoms with van der Waals surface area (Å²) in [6.07, 6.45) is 1.64. The van der Waals surface area contributed by atoms with Crippen molar-refractivity contribution in [2.75, 3.05) is 31.9 Å². The number of anilines is 1. The van der Waals surface area contributed by atoms with E-state index in [0.29, 0.717) is 0 Å². The quantitative estimate of drug-likeness (QED) is 0.194. The highest BCUT2D eigenvalue weighted by molar-refractivity contribution is 8.00. The van der Waals surface area contributed by atoms with Crippen LogP contribution in [0.3, 0.4) is 0 Å².